The van der Waals surface area contributed by atoms with Crippen molar-refractivity contribution in [3.63, 3.8) is 0 Å². The van der Waals surface area contributed by atoms with Gasteiger partial charge in [-0.25, -0.2) is 0 Å². The van der Waals surface area contributed by atoms with Gasteiger partial charge in [-0.1, -0.05) is 48.6 Å². The maximum Gasteiger partial charge on any atom is 0.229 e. The minimum Gasteiger partial charge on any atom is -0.437 e. The summed E-state index contributed by atoms with van der Waals surface area (Å²) >= 11 is 5.21. The van der Waals surface area contributed by atoms with E-state index in [2.05, 4.69) is 0 Å². The lowest BCUT2D eigenvalue weighted by atomic mass is 9.75. The number of thiocarbonyl (C=S) groups is 1. The van der Waals surface area contributed by atoms with Gasteiger partial charge in [0, 0.05) is 36.8 Å². The smallest absolute Gasteiger partial charge is 0.229 e. The molecule has 29 heavy (non-hydrogen) atoms. The first-order valence-corrected chi connectivity index (χ1v) is 9.39. The number of carbonyl (C=O) groups is 2. The fourth-order valence-corrected chi connectivity index (χ4v) is 3.97. The summed E-state index contributed by atoms with van der Waals surface area (Å²) in [6.07, 6.45) is 0. The first-order valence-electron chi connectivity index (χ1n) is 8.98. The SMILES string of the molecule is CN(C)c1ccc(C2C(C(N)=S)=C(N)OC3=C2C(=O)c2ccccc2C3=O)cc1. The van der Waals surface area contributed by atoms with E-state index < -0.39 is 5.92 Å². The van der Waals surface area contributed by atoms with Gasteiger partial charge < -0.3 is 21.1 Å². The Morgan fingerprint density at radius 1 is 1.00 bits per heavy atom. The molecule has 0 radical (unpaired) electrons. The van der Waals surface area contributed by atoms with Gasteiger partial charge in [0.2, 0.25) is 5.78 Å². The van der Waals surface area contributed by atoms with Crippen molar-refractivity contribution in [1.82, 2.24) is 0 Å². The molecule has 1 heterocycles. The fraction of sp³-hybridized carbons (Fsp3) is 0.136. The number of nitrogens with two attached hydrogens (primary N) is 2. The summed E-state index contributed by atoms with van der Waals surface area (Å²) in [5.41, 5.74) is 15.0. The Kier molecular flexibility index (Phi) is 4.47. The van der Waals surface area contributed by atoms with Crippen LogP contribution in [0.25, 0.3) is 0 Å². The van der Waals surface area contributed by atoms with Crippen LogP contribution in [-0.2, 0) is 4.74 Å². The number of hydrogen-bond donors (Lipinski definition) is 2. The third-order valence-corrected chi connectivity index (χ3v) is 5.39. The Labute approximate surface area is 173 Å². The summed E-state index contributed by atoms with van der Waals surface area (Å²) in [5.74, 6) is -1.48. The lowest BCUT2D eigenvalue weighted by Gasteiger charge is -2.33. The molecule has 2 aromatic rings. The lowest BCUT2D eigenvalue weighted by molar-refractivity contribution is 0.0897. The molecular weight excluding hydrogens is 386 g/mol. The number of nitrogens with zero attached hydrogens (tertiary/aromatic N) is 1. The zero-order valence-corrected chi connectivity index (χ0v) is 16.7. The van der Waals surface area contributed by atoms with E-state index in [1.807, 2.05) is 43.3 Å². The first-order chi connectivity index (χ1) is 13.8. The number of fused-ring (bicyclic) bond motifs is 1. The fourth-order valence-electron chi connectivity index (χ4n) is 3.75. The van der Waals surface area contributed by atoms with E-state index in [0.29, 0.717) is 16.7 Å². The average molecular weight is 405 g/mol. The molecular formula is C22H19N3O3S. The number of ketones is 2. The molecule has 0 bridgehead atoms. The van der Waals surface area contributed by atoms with Gasteiger partial charge in [0.25, 0.3) is 0 Å². The van der Waals surface area contributed by atoms with E-state index in [1.54, 1.807) is 24.3 Å². The summed E-state index contributed by atoms with van der Waals surface area (Å²) in [6, 6.07) is 14.2. The molecule has 0 aromatic heterocycles. The third-order valence-electron chi connectivity index (χ3n) is 5.17. The van der Waals surface area contributed by atoms with Crippen molar-refractivity contribution >= 4 is 34.5 Å². The minimum atomic E-state index is -0.683. The van der Waals surface area contributed by atoms with E-state index in [0.717, 1.165) is 11.3 Å². The number of carbonyl (C=O) groups excluding carboxylic acids is 2. The maximum atomic E-state index is 13.4. The molecule has 0 spiro atoms. The molecule has 0 saturated heterocycles. The van der Waals surface area contributed by atoms with Crippen LogP contribution in [0.1, 0.15) is 32.2 Å². The number of rotatable bonds is 3. The van der Waals surface area contributed by atoms with Crippen LogP contribution in [0, 0.1) is 0 Å². The Hall–Kier alpha value is -3.45. The second-order valence-electron chi connectivity index (χ2n) is 7.11. The molecule has 1 aliphatic carbocycles. The van der Waals surface area contributed by atoms with Gasteiger partial charge in [-0.15, -0.1) is 0 Å². The van der Waals surface area contributed by atoms with Crippen molar-refractivity contribution in [2.75, 3.05) is 19.0 Å². The summed E-state index contributed by atoms with van der Waals surface area (Å²) in [4.78, 5) is 28.4. The van der Waals surface area contributed by atoms with Crippen LogP contribution in [0.15, 0.2) is 71.3 Å². The molecule has 1 aliphatic heterocycles. The molecule has 7 heteroatoms. The van der Waals surface area contributed by atoms with Crippen LogP contribution < -0.4 is 16.4 Å². The van der Waals surface area contributed by atoms with Crippen LogP contribution in [0.2, 0.25) is 0 Å². The molecule has 4 N–H and O–H groups in total. The molecule has 0 fully saturated rings. The summed E-state index contributed by atoms with van der Waals surface area (Å²) in [6.45, 7) is 0. The van der Waals surface area contributed by atoms with Crippen molar-refractivity contribution in [2.24, 2.45) is 11.5 Å². The topological polar surface area (TPSA) is 98.7 Å². The van der Waals surface area contributed by atoms with Crippen molar-refractivity contribution in [1.29, 1.82) is 0 Å². The third kappa shape index (κ3) is 2.91. The normalized spacial score (nSPS) is 18.2. The van der Waals surface area contributed by atoms with Crippen molar-refractivity contribution in [3.05, 3.63) is 88.0 Å². The van der Waals surface area contributed by atoms with Gasteiger partial charge in [-0.2, -0.15) is 0 Å². The number of ether oxygens (including phenoxy) is 1. The van der Waals surface area contributed by atoms with Gasteiger partial charge in [-0.05, 0) is 17.7 Å². The van der Waals surface area contributed by atoms with Crippen LogP contribution in [0.5, 0.6) is 0 Å². The molecule has 6 nitrogen and oxygen atoms in total. The van der Waals surface area contributed by atoms with Crippen molar-refractivity contribution < 1.29 is 14.3 Å². The largest absolute Gasteiger partial charge is 0.437 e. The van der Waals surface area contributed by atoms with E-state index in [1.165, 1.54) is 0 Å². The van der Waals surface area contributed by atoms with Crippen LogP contribution >= 0.6 is 12.2 Å². The molecule has 1 atom stereocenters. The number of anilines is 1. The summed E-state index contributed by atoms with van der Waals surface area (Å²) in [7, 11) is 3.87. The van der Waals surface area contributed by atoms with Crippen molar-refractivity contribution in [2.45, 2.75) is 5.92 Å². The Balaban J connectivity index is 1.94. The van der Waals surface area contributed by atoms with Gasteiger partial charge >= 0.3 is 0 Å². The number of benzene rings is 2. The monoisotopic (exact) mass is 405 g/mol. The van der Waals surface area contributed by atoms with Crippen LogP contribution in [-0.4, -0.2) is 30.7 Å². The van der Waals surface area contributed by atoms with E-state index in [4.69, 9.17) is 28.4 Å². The van der Waals surface area contributed by atoms with Gasteiger partial charge in [0.1, 0.15) is 4.99 Å². The Morgan fingerprint density at radius 3 is 2.14 bits per heavy atom. The first kappa shape index (κ1) is 18.9. The molecule has 1 unspecified atom stereocenters. The van der Waals surface area contributed by atoms with Crippen LogP contribution in [0.3, 0.4) is 0 Å². The quantitative estimate of drug-likeness (QED) is 0.758. The minimum absolute atomic E-state index is 0.0230. The zero-order valence-electron chi connectivity index (χ0n) is 15.9. The molecule has 0 amide bonds. The molecule has 2 aliphatic rings. The molecule has 2 aromatic carbocycles. The number of hydrogen-bond acceptors (Lipinski definition) is 6. The Morgan fingerprint density at radius 2 is 1.59 bits per heavy atom. The highest BCUT2D eigenvalue weighted by molar-refractivity contribution is 7.80. The predicted molar refractivity (Wildman–Crippen MR) is 115 cm³/mol. The highest BCUT2D eigenvalue weighted by atomic mass is 32.1. The summed E-state index contributed by atoms with van der Waals surface area (Å²) in [5, 5.41) is 0. The number of Topliss-reactive ketones (excluding diaryl/α,β-unsaturated/α-hetero) is 2. The molecule has 4 rings (SSSR count). The van der Waals surface area contributed by atoms with Gasteiger partial charge in [0.05, 0.1) is 11.1 Å². The highest BCUT2D eigenvalue weighted by Gasteiger charge is 2.44. The molecule has 146 valence electrons. The predicted octanol–water partition coefficient (Wildman–Crippen LogP) is 2.66. The zero-order chi connectivity index (χ0) is 20.9. The lowest BCUT2D eigenvalue weighted by Crippen LogP contribution is -2.35. The van der Waals surface area contributed by atoms with E-state index >= 15 is 0 Å². The van der Waals surface area contributed by atoms with Crippen molar-refractivity contribution in [3.8, 4) is 0 Å². The van der Waals surface area contributed by atoms with Gasteiger partial charge in [-0.3, -0.25) is 9.59 Å². The highest BCUT2D eigenvalue weighted by Crippen LogP contribution is 2.44. The Bertz CT molecular complexity index is 1130. The van der Waals surface area contributed by atoms with Gasteiger partial charge in [0.15, 0.2) is 17.4 Å². The standard InChI is InChI=1S/C22H19N3O3S/c1-25(2)12-9-7-11(8-10-12)15-16-18(26)13-5-3-4-6-14(13)19(27)20(16)28-21(23)17(15)22(24)29/h3-10,15H,23H2,1-2H3,(H2,24,29). The summed E-state index contributed by atoms with van der Waals surface area (Å²) < 4.78 is 5.61. The second kappa shape index (κ2) is 6.86. The average Bonchev–Trinajstić information content (AvgIpc) is 2.71. The van der Waals surface area contributed by atoms with E-state index in [-0.39, 0.29) is 33.8 Å². The maximum absolute atomic E-state index is 13.4. The second-order valence-corrected chi connectivity index (χ2v) is 7.55. The molecule has 0 saturated carbocycles. The van der Waals surface area contributed by atoms with Crippen LogP contribution in [0.4, 0.5) is 5.69 Å². The van der Waals surface area contributed by atoms with E-state index in [9.17, 15) is 9.59 Å². The number of allylic oxidation sites excluding steroid dienone is 2.